The summed E-state index contributed by atoms with van der Waals surface area (Å²) in [5, 5.41) is 0. The second-order valence-corrected chi connectivity index (χ2v) is 4.62. The number of hydrogen-bond donors (Lipinski definition) is 0. The van der Waals surface area contributed by atoms with Gasteiger partial charge >= 0.3 is 0 Å². The average Bonchev–Trinajstić information content (AvgIpc) is 2.22. The van der Waals surface area contributed by atoms with Gasteiger partial charge in [-0.25, -0.2) is 0 Å². The van der Waals surface area contributed by atoms with E-state index in [1.54, 1.807) is 0 Å². The van der Waals surface area contributed by atoms with Gasteiger partial charge in [0.15, 0.2) is 0 Å². The minimum atomic E-state index is 0. The Morgan fingerprint density at radius 2 is 1.43 bits per heavy atom. The zero-order chi connectivity index (χ0) is 9.36. The highest BCUT2D eigenvalue weighted by Gasteiger charge is 2.05. The second kappa shape index (κ2) is 8.97. The molecule has 1 aromatic rings. The van der Waals surface area contributed by atoms with E-state index in [1.165, 1.54) is 29.5 Å². The van der Waals surface area contributed by atoms with Gasteiger partial charge in [-0.1, -0.05) is 43.8 Å². The van der Waals surface area contributed by atoms with Gasteiger partial charge in [0.25, 0.3) is 0 Å². The monoisotopic (exact) mass is 210 g/mol. The first kappa shape index (κ1) is 13.4. The maximum Gasteiger partial charge on any atom is 0.0465 e. The Kier molecular flexibility index (Phi) is 8.59. The fourth-order valence-corrected chi connectivity index (χ4v) is 1.93. The van der Waals surface area contributed by atoms with Crippen molar-refractivity contribution in [2.45, 2.75) is 32.4 Å². The minimum absolute atomic E-state index is 0. The molecule has 1 atom stereocenters. The van der Waals surface area contributed by atoms with Gasteiger partial charge in [-0.15, -0.1) is 0 Å². The SMILES string of the molecule is C.[SiH3]C1CCCCO1.c1ccccc1. The van der Waals surface area contributed by atoms with Gasteiger partial charge in [0.2, 0.25) is 0 Å². The Morgan fingerprint density at radius 1 is 0.929 bits per heavy atom. The van der Waals surface area contributed by atoms with Gasteiger partial charge in [-0.05, 0) is 19.3 Å². The third kappa shape index (κ3) is 6.86. The average molecular weight is 210 g/mol. The summed E-state index contributed by atoms with van der Waals surface area (Å²) in [5.74, 6) is 0. The van der Waals surface area contributed by atoms with Crippen LogP contribution in [0.4, 0.5) is 0 Å². The summed E-state index contributed by atoms with van der Waals surface area (Å²) in [4.78, 5) is 0. The molecule has 1 saturated heterocycles. The van der Waals surface area contributed by atoms with Gasteiger partial charge in [0.05, 0.1) is 0 Å². The van der Waals surface area contributed by atoms with Crippen molar-refractivity contribution in [2.24, 2.45) is 0 Å². The topological polar surface area (TPSA) is 9.23 Å². The van der Waals surface area contributed by atoms with Gasteiger partial charge in [0, 0.05) is 22.6 Å². The van der Waals surface area contributed by atoms with E-state index in [0.29, 0.717) is 5.73 Å². The maximum absolute atomic E-state index is 5.34. The number of benzene rings is 1. The Morgan fingerprint density at radius 3 is 1.64 bits per heavy atom. The molecule has 1 heterocycles. The molecule has 0 saturated carbocycles. The van der Waals surface area contributed by atoms with Crippen LogP contribution in [0.15, 0.2) is 36.4 Å². The van der Waals surface area contributed by atoms with Crippen LogP contribution in [0.3, 0.4) is 0 Å². The van der Waals surface area contributed by atoms with Crippen LogP contribution in [0.1, 0.15) is 26.7 Å². The highest BCUT2D eigenvalue weighted by atomic mass is 28.1. The Hall–Kier alpha value is -0.603. The molecule has 2 heteroatoms. The van der Waals surface area contributed by atoms with Crippen molar-refractivity contribution in [2.75, 3.05) is 6.61 Å². The lowest BCUT2D eigenvalue weighted by Crippen LogP contribution is -2.18. The van der Waals surface area contributed by atoms with E-state index < -0.39 is 0 Å². The van der Waals surface area contributed by atoms with Crippen molar-refractivity contribution in [3.05, 3.63) is 36.4 Å². The lowest BCUT2D eigenvalue weighted by molar-refractivity contribution is 0.0675. The Labute approximate surface area is 90.9 Å². The largest absolute Gasteiger partial charge is 0.383 e. The molecule has 1 aliphatic heterocycles. The molecule has 2 rings (SSSR count). The summed E-state index contributed by atoms with van der Waals surface area (Å²) in [7, 11) is 1.23. The maximum atomic E-state index is 5.34. The highest BCUT2D eigenvalue weighted by molar-refractivity contribution is 6.10. The van der Waals surface area contributed by atoms with Crippen LogP contribution >= 0.6 is 0 Å². The smallest absolute Gasteiger partial charge is 0.0465 e. The molecule has 1 aromatic carbocycles. The molecular formula is C12H22OSi. The first-order valence-electron chi connectivity index (χ1n) is 5.01. The molecule has 0 bridgehead atoms. The van der Waals surface area contributed by atoms with Gasteiger partial charge in [-0.3, -0.25) is 0 Å². The predicted molar refractivity (Wildman–Crippen MR) is 66.7 cm³/mol. The van der Waals surface area contributed by atoms with Crippen molar-refractivity contribution in [3.63, 3.8) is 0 Å². The molecule has 0 N–H and O–H groups in total. The second-order valence-electron chi connectivity index (χ2n) is 3.33. The van der Waals surface area contributed by atoms with Crippen molar-refractivity contribution in [3.8, 4) is 0 Å². The molecule has 1 nitrogen and oxygen atoms in total. The molecule has 0 aliphatic carbocycles. The summed E-state index contributed by atoms with van der Waals surface area (Å²) in [6.45, 7) is 1.02. The van der Waals surface area contributed by atoms with E-state index in [9.17, 15) is 0 Å². The molecule has 80 valence electrons. The summed E-state index contributed by atoms with van der Waals surface area (Å²) in [6, 6.07) is 12.0. The summed E-state index contributed by atoms with van der Waals surface area (Å²) in [6.07, 6.45) is 4.01. The third-order valence-corrected chi connectivity index (χ3v) is 2.98. The van der Waals surface area contributed by atoms with Crippen LogP contribution in [-0.4, -0.2) is 22.6 Å². The first-order valence-corrected chi connectivity index (χ1v) is 6.16. The fourth-order valence-electron chi connectivity index (χ4n) is 1.29. The van der Waals surface area contributed by atoms with Crippen molar-refractivity contribution >= 4 is 10.2 Å². The molecular weight excluding hydrogens is 188 g/mol. The van der Waals surface area contributed by atoms with Crippen LogP contribution in [0.5, 0.6) is 0 Å². The number of ether oxygens (including phenoxy) is 1. The van der Waals surface area contributed by atoms with E-state index in [1.807, 2.05) is 36.4 Å². The summed E-state index contributed by atoms with van der Waals surface area (Å²) in [5.41, 5.74) is 0.675. The molecule has 0 spiro atoms. The van der Waals surface area contributed by atoms with E-state index in [-0.39, 0.29) is 7.43 Å². The normalized spacial score (nSPS) is 20.1. The Bertz CT molecular complexity index is 168. The number of hydrogen-bond acceptors (Lipinski definition) is 1. The van der Waals surface area contributed by atoms with Crippen LogP contribution in [-0.2, 0) is 4.74 Å². The molecule has 0 amide bonds. The third-order valence-electron chi connectivity index (χ3n) is 2.07. The lowest BCUT2D eigenvalue weighted by atomic mass is 10.2. The summed E-state index contributed by atoms with van der Waals surface area (Å²) < 4.78 is 5.34. The predicted octanol–water partition coefficient (Wildman–Crippen LogP) is 2.20. The molecule has 14 heavy (non-hydrogen) atoms. The van der Waals surface area contributed by atoms with Crippen molar-refractivity contribution in [1.29, 1.82) is 0 Å². The van der Waals surface area contributed by atoms with Crippen LogP contribution in [0.25, 0.3) is 0 Å². The lowest BCUT2D eigenvalue weighted by Gasteiger charge is -2.17. The molecule has 1 unspecified atom stereocenters. The van der Waals surface area contributed by atoms with Crippen molar-refractivity contribution < 1.29 is 4.74 Å². The zero-order valence-electron chi connectivity index (χ0n) is 8.28. The van der Waals surface area contributed by atoms with E-state index >= 15 is 0 Å². The molecule has 1 aliphatic rings. The summed E-state index contributed by atoms with van der Waals surface area (Å²) >= 11 is 0. The van der Waals surface area contributed by atoms with Crippen LogP contribution in [0.2, 0.25) is 0 Å². The quantitative estimate of drug-likeness (QED) is 0.597. The standard InChI is InChI=1S/C6H6.C5H12OSi.CH4/c1-2-4-6-5-3-1;7-5-3-1-2-4-6-5;/h1-6H;5H,1-4H2,7H3;1H4. The van der Waals surface area contributed by atoms with Crippen LogP contribution in [0, 0.1) is 0 Å². The Balaban J connectivity index is 0.000000227. The number of rotatable bonds is 0. The van der Waals surface area contributed by atoms with E-state index in [0.717, 1.165) is 6.61 Å². The van der Waals surface area contributed by atoms with Gasteiger partial charge < -0.3 is 4.74 Å². The van der Waals surface area contributed by atoms with E-state index in [4.69, 9.17) is 4.74 Å². The zero-order valence-corrected chi connectivity index (χ0v) is 10.3. The van der Waals surface area contributed by atoms with Crippen LogP contribution < -0.4 is 0 Å². The highest BCUT2D eigenvalue weighted by Crippen LogP contribution is 2.08. The van der Waals surface area contributed by atoms with Gasteiger partial charge in [-0.2, -0.15) is 0 Å². The van der Waals surface area contributed by atoms with Crippen molar-refractivity contribution in [1.82, 2.24) is 0 Å². The molecule has 0 aromatic heterocycles. The van der Waals surface area contributed by atoms with E-state index in [2.05, 4.69) is 0 Å². The molecule has 0 radical (unpaired) electrons. The molecule has 1 fully saturated rings. The fraction of sp³-hybridized carbons (Fsp3) is 0.500. The van der Waals surface area contributed by atoms with Gasteiger partial charge in [0.1, 0.15) is 0 Å². The first-order chi connectivity index (χ1) is 6.39. The minimum Gasteiger partial charge on any atom is -0.383 e.